The molecule has 0 saturated heterocycles. The Morgan fingerprint density at radius 3 is 2.41 bits per heavy atom. The van der Waals surface area contributed by atoms with Crippen LogP contribution >= 0.6 is 0 Å². The molecule has 6 heteroatoms. The summed E-state index contributed by atoms with van der Waals surface area (Å²) >= 11 is 0. The van der Waals surface area contributed by atoms with E-state index in [1.165, 1.54) is 0 Å². The summed E-state index contributed by atoms with van der Waals surface area (Å²) in [7, 11) is -0.988. The molecule has 0 aromatic heterocycles. The number of rotatable bonds is 5. The maximum Gasteiger partial charge on any atom is 0.319 e. The molecule has 0 spiro atoms. The van der Waals surface area contributed by atoms with Gasteiger partial charge in [-0.3, -0.25) is 4.21 Å². The summed E-state index contributed by atoms with van der Waals surface area (Å²) in [6.07, 6.45) is 0. The second-order valence-corrected chi connectivity index (χ2v) is 9.13. The Morgan fingerprint density at radius 2 is 1.86 bits per heavy atom. The molecule has 124 valence electrons. The van der Waals surface area contributed by atoms with E-state index in [9.17, 15) is 9.00 Å². The third kappa shape index (κ3) is 6.15. The van der Waals surface area contributed by atoms with Crippen molar-refractivity contribution >= 4 is 22.5 Å². The predicted molar refractivity (Wildman–Crippen MR) is 91.4 cm³/mol. The van der Waals surface area contributed by atoms with Crippen LogP contribution in [-0.2, 0) is 16.6 Å². The Hall–Kier alpha value is -1.40. The number of benzene rings is 1. The van der Waals surface area contributed by atoms with Gasteiger partial charge in [-0.15, -0.1) is 0 Å². The molecule has 1 atom stereocenters. The number of aliphatic hydroxyl groups is 1. The zero-order valence-electron chi connectivity index (χ0n) is 13.9. The first kappa shape index (κ1) is 18.6. The van der Waals surface area contributed by atoms with Gasteiger partial charge in [0.15, 0.2) is 0 Å². The fourth-order valence-corrected chi connectivity index (χ4v) is 2.53. The molecule has 0 aliphatic heterocycles. The van der Waals surface area contributed by atoms with Crippen LogP contribution in [0.15, 0.2) is 24.3 Å². The lowest BCUT2D eigenvalue weighted by Crippen LogP contribution is -2.48. The van der Waals surface area contributed by atoms with Gasteiger partial charge in [-0.2, -0.15) is 0 Å². The van der Waals surface area contributed by atoms with Crippen molar-refractivity contribution in [1.82, 2.24) is 5.32 Å². The molecule has 1 rings (SSSR count). The van der Waals surface area contributed by atoms with Crippen molar-refractivity contribution in [3.63, 3.8) is 0 Å². The Kier molecular flexibility index (Phi) is 6.14. The number of hydrogen-bond donors (Lipinski definition) is 3. The van der Waals surface area contributed by atoms with Gasteiger partial charge >= 0.3 is 6.03 Å². The molecule has 1 aromatic carbocycles. The summed E-state index contributed by atoms with van der Waals surface area (Å²) in [6, 6.07) is 6.92. The van der Waals surface area contributed by atoms with Gasteiger partial charge < -0.3 is 15.7 Å². The van der Waals surface area contributed by atoms with Crippen LogP contribution in [0.5, 0.6) is 0 Å². The third-order valence-corrected chi connectivity index (χ3v) is 4.97. The summed E-state index contributed by atoms with van der Waals surface area (Å²) in [6.45, 7) is 9.14. The minimum Gasteiger partial charge on any atom is -0.394 e. The highest BCUT2D eigenvalue weighted by Crippen LogP contribution is 2.18. The molecule has 0 fully saturated rings. The van der Waals surface area contributed by atoms with Crippen LogP contribution in [0.1, 0.15) is 40.2 Å². The van der Waals surface area contributed by atoms with Gasteiger partial charge in [-0.1, -0.05) is 12.1 Å². The van der Waals surface area contributed by atoms with E-state index in [1.54, 1.807) is 19.9 Å². The van der Waals surface area contributed by atoms with Crippen molar-refractivity contribution in [3.8, 4) is 0 Å². The SMILES string of the molecule is CC(C)(CO)NC(=O)Nc1cccc(CS(=O)C(C)(C)C)c1. The van der Waals surface area contributed by atoms with E-state index >= 15 is 0 Å². The van der Waals surface area contributed by atoms with Crippen LogP contribution in [0.4, 0.5) is 10.5 Å². The number of carbonyl (C=O) groups excluding carboxylic acids is 1. The molecule has 0 aliphatic carbocycles. The quantitative estimate of drug-likeness (QED) is 0.778. The molecule has 3 N–H and O–H groups in total. The smallest absolute Gasteiger partial charge is 0.319 e. The lowest BCUT2D eigenvalue weighted by Gasteiger charge is -2.23. The highest BCUT2D eigenvalue weighted by atomic mass is 32.2. The van der Waals surface area contributed by atoms with E-state index in [1.807, 2.05) is 39.0 Å². The number of aliphatic hydroxyl groups excluding tert-OH is 1. The highest BCUT2D eigenvalue weighted by Gasteiger charge is 2.20. The van der Waals surface area contributed by atoms with E-state index in [4.69, 9.17) is 5.11 Å². The van der Waals surface area contributed by atoms with Gasteiger partial charge in [0.05, 0.1) is 12.1 Å². The largest absolute Gasteiger partial charge is 0.394 e. The van der Waals surface area contributed by atoms with Gasteiger partial charge in [-0.25, -0.2) is 4.79 Å². The zero-order valence-corrected chi connectivity index (χ0v) is 14.7. The summed E-state index contributed by atoms with van der Waals surface area (Å²) in [5, 5.41) is 14.6. The summed E-state index contributed by atoms with van der Waals surface area (Å²) in [5.41, 5.74) is 0.859. The van der Waals surface area contributed by atoms with Crippen LogP contribution in [0.25, 0.3) is 0 Å². The topological polar surface area (TPSA) is 78.4 Å². The van der Waals surface area contributed by atoms with Crippen LogP contribution in [0.3, 0.4) is 0 Å². The molecular weight excluding hydrogens is 300 g/mol. The van der Waals surface area contributed by atoms with Crippen LogP contribution in [0, 0.1) is 0 Å². The fourth-order valence-electron chi connectivity index (χ4n) is 1.62. The van der Waals surface area contributed by atoms with E-state index in [2.05, 4.69) is 10.6 Å². The first-order chi connectivity index (χ1) is 10.0. The van der Waals surface area contributed by atoms with Crippen LogP contribution in [0.2, 0.25) is 0 Å². The Morgan fingerprint density at radius 1 is 1.23 bits per heavy atom. The number of urea groups is 1. The third-order valence-electron chi connectivity index (χ3n) is 3.01. The van der Waals surface area contributed by atoms with E-state index in [0.717, 1.165) is 5.56 Å². The molecule has 5 nitrogen and oxygen atoms in total. The van der Waals surface area contributed by atoms with E-state index in [0.29, 0.717) is 11.4 Å². The predicted octanol–water partition coefficient (Wildman–Crippen LogP) is 2.63. The minimum atomic E-state index is -0.988. The number of anilines is 1. The Labute approximate surface area is 135 Å². The molecule has 1 aromatic rings. The number of nitrogens with one attached hydrogen (secondary N) is 2. The van der Waals surface area contributed by atoms with Crippen LogP contribution < -0.4 is 10.6 Å². The monoisotopic (exact) mass is 326 g/mol. The molecule has 0 saturated carbocycles. The first-order valence-corrected chi connectivity index (χ1v) is 8.53. The van der Waals surface area contributed by atoms with Crippen molar-refractivity contribution < 1.29 is 14.1 Å². The summed E-state index contributed by atoms with van der Waals surface area (Å²) in [5.74, 6) is 0.447. The minimum absolute atomic E-state index is 0.148. The number of hydrogen-bond acceptors (Lipinski definition) is 3. The second kappa shape index (κ2) is 7.24. The van der Waals surface area contributed by atoms with Gasteiger partial charge in [0.1, 0.15) is 0 Å². The maximum absolute atomic E-state index is 12.2. The molecule has 0 heterocycles. The van der Waals surface area contributed by atoms with Crippen LogP contribution in [-0.4, -0.2) is 32.2 Å². The summed E-state index contributed by atoms with van der Waals surface area (Å²) < 4.78 is 11.9. The standard InChI is InChI=1S/C16H26N2O3S/c1-15(2,3)22(21)10-12-7-6-8-13(9-12)17-14(20)18-16(4,5)11-19/h6-9,19H,10-11H2,1-5H3,(H2,17,18,20). The van der Waals surface area contributed by atoms with Crippen molar-refractivity contribution in [2.24, 2.45) is 0 Å². The lowest BCUT2D eigenvalue weighted by molar-refractivity contribution is 0.187. The Bertz CT molecular complexity index is 551. The molecule has 0 aliphatic rings. The molecule has 2 amide bonds. The van der Waals surface area contributed by atoms with Gasteiger partial charge in [0, 0.05) is 27.0 Å². The maximum atomic E-state index is 12.2. The normalized spacial score (nSPS) is 13.5. The summed E-state index contributed by atoms with van der Waals surface area (Å²) in [4.78, 5) is 11.9. The second-order valence-electron chi connectivity index (χ2n) is 6.92. The highest BCUT2D eigenvalue weighted by molar-refractivity contribution is 7.85. The molecule has 1 unspecified atom stereocenters. The van der Waals surface area contributed by atoms with Crippen molar-refractivity contribution in [2.75, 3.05) is 11.9 Å². The van der Waals surface area contributed by atoms with E-state index in [-0.39, 0.29) is 17.4 Å². The first-order valence-electron chi connectivity index (χ1n) is 7.21. The molecule has 0 bridgehead atoms. The zero-order chi connectivity index (χ0) is 17.0. The molecular formula is C16H26N2O3S. The van der Waals surface area contributed by atoms with E-state index < -0.39 is 16.3 Å². The fraction of sp³-hybridized carbons (Fsp3) is 0.562. The molecule has 0 radical (unpaired) electrons. The van der Waals surface area contributed by atoms with Gasteiger partial charge in [0.2, 0.25) is 0 Å². The lowest BCUT2D eigenvalue weighted by atomic mass is 10.1. The van der Waals surface area contributed by atoms with Crippen molar-refractivity contribution in [1.29, 1.82) is 0 Å². The average molecular weight is 326 g/mol. The number of carbonyl (C=O) groups is 1. The average Bonchev–Trinajstić information content (AvgIpc) is 2.37. The van der Waals surface area contributed by atoms with Gasteiger partial charge in [-0.05, 0) is 52.3 Å². The molecule has 22 heavy (non-hydrogen) atoms. The van der Waals surface area contributed by atoms with Gasteiger partial charge in [0.25, 0.3) is 0 Å². The number of amides is 2. The Balaban J connectivity index is 2.73. The van der Waals surface area contributed by atoms with Crippen molar-refractivity contribution in [2.45, 2.75) is 50.7 Å². The van der Waals surface area contributed by atoms with Crippen molar-refractivity contribution in [3.05, 3.63) is 29.8 Å².